The number of benzene rings is 3. The molecule has 0 atom stereocenters. The lowest BCUT2D eigenvalue weighted by molar-refractivity contribution is 0.211. The zero-order chi connectivity index (χ0) is 25.4. The summed E-state index contributed by atoms with van der Waals surface area (Å²) in [5, 5.41) is 2.78. The summed E-state index contributed by atoms with van der Waals surface area (Å²) in [6.07, 6.45) is 8.04. The Hall–Kier alpha value is -3.06. The maximum atomic E-state index is 13.3. The van der Waals surface area contributed by atoms with Gasteiger partial charge in [0.05, 0.1) is 15.3 Å². The SMILES string of the molecule is O=S(=O)(c1ccccc1)c1c[nH]c2c(C3CCN(CCCc4c[nH]c5ccc(Cl)cc45)CC3)cccc12. The van der Waals surface area contributed by atoms with Crippen molar-refractivity contribution in [1.29, 1.82) is 0 Å². The van der Waals surface area contributed by atoms with E-state index in [1.54, 1.807) is 30.5 Å². The standard InChI is InChI=1S/C30H30ClN3O2S/c31-23-11-12-28-27(18-23)22(19-32-28)6-5-15-34-16-13-21(14-17-34)25-9-4-10-26-29(20-33-30(25)26)37(35,36)24-7-2-1-3-8-24/h1-4,7-12,18-21,32-33H,5-6,13-17H2. The number of sulfone groups is 1. The second-order valence-electron chi connectivity index (χ2n) is 9.96. The molecule has 0 unspecified atom stereocenters. The highest BCUT2D eigenvalue weighted by Gasteiger charge is 2.26. The molecule has 7 heteroatoms. The molecule has 190 valence electrons. The number of hydrogen-bond acceptors (Lipinski definition) is 3. The van der Waals surface area contributed by atoms with Crippen LogP contribution in [0.1, 0.15) is 36.3 Å². The number of nitrogens with one attached hydrogen (secondary N) is 2. The van der Waals surface area contributed by atoms with Crippen LogP contribution in [0, 0.1) is 0 Å². The van der Waals surface area contributed by atoms with Crippen LogP contribution in [0.25, 0.3) is 21.8 Å². The number of fused-ring (bicyclic) bond motifs is 2. The summed E-state index contributed by atoms with van der Waals surface area (Å²) in [4.78, 5) is 9.89. The monoisotopic (exact) mass is 531 g/mol. The van der Waals surface area contributed by atoms with Crippen LogP contribution >= 0.6 is 11.6 Å². The number of hydrogen-bond donors (Lipinski definition) is 2. The maximum Gasteiger partial charge on any atom is 0.208 e. The van der Waals surface area contributed by atoms with Crippen LogP contribution in [0.5, 0.6) is 0 Å². The first-order chi connectivity index (χ1) is 18.0. The van der Waals surface area contributed by atoms with Crippen LogP contribution in [0.2, 0.25) is 5.02 Å². The van der Waals surface area contributed by atoms with Gasteiger partial charge in [0, 0.05) is 33.7 Å². The summed E-state index contributed by atoms with van der Waals surface area (Å²) in [6.45, 7) is 3.18. The molecular formula is C30H30ClN3O2S. The largest absolute Gasteiger partial charge is 0.361 e. The zero-order valence-electron chi connectivity index (χ0n) is 20.6. The summed E-state index contributed by atoms with van der Waals surface area (Å²) in [7, 11) is -3.57. The van der Waals surface area contributed by atoms with E-state index < -0.39 is 9.84 Å². The molecular weight excluding hydrogens is 502 g/mol. The van der Waals surface area contributed by atoms with Crippen molar-refractivity contribution in [3.8, 4) is 0 Å². The van der Waals surface area contributed by atoms with Crippen LogP contribution in [-0.4, -0.2) is 42.9 Å². The van der Waals surface area contributed by atoms with Gasteiger partial charge in [-0.15, -0.1) is 0 Å². The lowest BCUT2D eigenvalue weighted by Gasteiger charge is -2.32. The number of likely N-dealkylation sites (tertiary alicyclic amines) is 1. The molecule has 0 radical (unpaired) electrons. The van der Waals surface area contributed by atoms with Gasteiger partial charge < -0.3 is 14.9 Å². The minimum Gasteiger partial charge on any atom is -0.361 e. The van der Waals surface area contributed by atoms with Crippen molar-refractivity contribution < 1.29 is 8.42 Å². The van der Waals surface area contributed by atoms with Crippen molar-refractivity contribution in [3.05, 3.63) is 95.3 Å². The third-order valence-corrected chi connectivity index (χ3v) is 9.77. The van der Waals surface area contributed by atoms with Crippen LogP contribution in [0.4, 0.5) is 0 Å². The predicted molar refractivity (Wildman–Crippen MR) is 150 cm³/mol. The van der Waals surface area contributed by atoms with E-state index in [0.29, 0.717) is 15.7 Å². The average Bonchev–Trinajstić information content (AvgIpc) is 3.54. The van der Waals surface area contributed by atoms with Gasteiger partial charge in [-0.3, -0.25) is 0 Å². The second kappa shape index (κ2) is 10.0. The molecule has 6 rings (SSSR count). The Kier molecular flexibility index (Phi) is 6.57. The van der Waals surface area contributed by atoms with Gasteiger partial charge in [0.1, 0.15) is 0 Å². The van der Waals surface area contributed by atoms with E-state index in [2.05, 4.69) is 27.1 Å². The maximum absolute atomic E-state index is 13.3. The molecule has 0 spiro atoms. The van der Waals surface area contributed by atoms with Gasteiger partial charge in [-0.1, -0.05) is 48.0 Å². The summed E-state index contributed by atoms with van der Waals surface area (Å²) in [5.74, 6) is 0.418. The second-order valence-corrected chi connectivity index (χ2v) is 12.3. The van der Waals surface area contributed by atoms with Crippen LogP contribution < -0.4 is 0 Å². The number of para-hydroxylation sites is 1. The molecule has 3 heterocycles. The van der Waals surface area contributed by atoms with Gasteiger partial charge in [0.15, 0.2) is 0 Å². The van der Waals surface area contributed by atoms with E-state index in [4.69, 9.17) is 11.6 Å². The molecule has 2 aromatic heterocycles. The molecule has 5 aromatic rings. The Morgan fingerprint density at radius 3 is 2.51 bits per heavy atom. The number of aromatic nitrogens is 2. The zero-order valence-corrected chi connectivity index (χ0v) is 22.2. The molecule has 0 amide bonds. The van der Waals surface area contributed by atoms with Crippen molar-refractivity contribution in [2.75, 3.05) is 19.6 Å². The molecule has 1 aliphatic rings. The molecule has 0 saturated carbocycles. The van der Waals surface area contributed by atoms with Gasteiger partial charge in [-0.05, 0) is 92.7 Å². The fourth-order valence-corrected chi connectivity index (χ4v) is 7.37. The van der Waals surface area contributed by atoms with E-state index in [-0.39, 0.29) is 0 Å². The lowest BCUT2D eigenvalue weighted by Crippen LogP contribution is -2.33. The summed E-state index contributed by atoms with van der Waals surface area (Å²) < 4.78 is 26.6. The Labute approximate surface area is 222 Å². The molecule has 1 aliphatic heterocycles. The highest BCUT2D eigenvalue weighted by Crippen LogP contribution is 2.36. The minimum atomic E-state index is -3.57. The van der Waals surface area contributed by atoms with Gasteiger partial charge in [-0.25, -0.2) is 8.42 Å². The van der Waals surface area contributed by atoms with Crippen LogP contribution in [0.3, 0.4) is 0 Å². The quantitative estimate of drug-likeness (QED) is 0.239. The smallest absolute Gasteiger partial charge is 0.208 e. The van der Waals surface area contributed by atoms with E-state index in [0.717, 1.165) is 66.8 Å². The first kappa shape index (κ1) is 24.3. The Morgan fingerprint density at radius 2 is 1.70 bits per heavy atom. The first-order valence-electron chi connectivity index (χ1n) is 12.9. The number of H-pyrrole nitrogens is 2. The average molecular weight is 532 g/mol. The number of nitrogens with zero attached hydrogens (tertiary/aromatic N) is 1. The van der Waals surface area contributed by atoms with Gasteiger partial charge >= 0.3 is 0 Å². The molecule has 1 saturated heterocycles. The highest BCUT2D eigenvalue weighted by molar-refractivity contribution is 7.91. The first-order valence-corrected chi connectivity index (χ1v) is 14.7. The third-order valence-electron chi connectivity index (χ3n) is 7.73. The van der Waals surface area contributed by atoms with Gasteiger partial charge in [-0.2, -0.15) is 0 Å². The van der Waals surface area contributed by atoms with Gasteiger partial charge in [0.25, 0.3) is 0 Å². The minimum absolute atomic E-state index is 0.324. The molecule has 5 nitrogen and oxygen atoms in total. The normalized spacial score (nSPS) is 15.6. The molecule has 0 aliphatic carbocycles. The fraction of sp³-hybridized carbons (Fsp3) is 0.267. The highest BCUT2D eigenvalue weighted by atomic mass is 35.5. The van der Waals surface area contributed by atoms with Crippen molar-refractivity contribution in [2.24, 2.45) is 0 Å². The van der Waals surface area contributed by atoms with Crippen molar-refractivity contribution in [3.63, 3.8) is 0 Å². The number of aromatic amines is 2. The van der Waals surface area contributed by atoms with Crippen molar-refractivity contribution in [1.82, 2.24) is 14.9 Å². The molecule has 1 fully saturated rings. The number of piperidine rings is 1. The number of rotatable bonds is 7. The molecule has 2 N–H and O–H groups in total. The summed E-state index contributed by atoms with van der Waals surface area (Å²) >= 11 is 6.20. The van der Waals surface area contributed by atoms with Gasteiger partial charge in [0.2, 0.25) is 9.84 Å². The van der Waals surface area contributed by atoms with Crippen LogP contribution in [0.15, 0.2) is 88.9 Å². The fourth-order valence-electron chi connectivity index (χ4n) is 5.76. The van der Waals surface area contributed by atoms with E-state index in [1.165, 1.54) is 16.5 Å². The Bertz CT molecular complexity index is 1650. The lowest BCUT2D eigenvalue weighted by atomic mass is 9.88. The van der Waals surface area contributed by atoms with E-state index in [9.17, 15) is 8.42 Å². The number of halogens is 1. The summed E-state index contributed by atoms with van der Waals surface area (Å²) in [5.41, 5.74) is 4.64. The molecule has 0 bridgehead atoms. The third kappa shape index (κ3) is 4.70. The van der Waals surface area contributed by atoms with E-state index in [1.807, 2.05) is 36.4 Å². The van der Waals surface area contributed by atoms with Crippen LogP contribution in [-0.2, 0) is 16.3 Å². The molecule has 37 heavy (non-hydrogen) atoms. The van der Waals surface area contributed by atoms with Crippen molar-refractivity contribution in [2.45, 2.75) is 41.4 Å². The number of aryl methyl sites for hydroxylation is 1. The summed E-state index contributed by atoms with van der Waals surface area (Å²) in [6, 6.07) is 20.7. The van der Waals surface area contributed by atoms with E-state index >= 15 is 0 Å². The van der Waals surface area contributed by atoms with Crippen molar-refractivity contribution >= 4 is 43.2 Å². The Morgan fingerprint density at radius 1 is 0.892 bits per heavy atom. The topological polar surface area (TPSA) is 69.0 Å². The molecule has 3 aromatic carbocycles. The predicted octanol–water partition coefficient (Wildman–Crippen LogP) is 6.95. The Balaban J connectivity index is 1.11.